The molecule has 0 radical (unpaired) electrons. The number of fused-ring (bicyclic) bond motifs is 1. The van der Waals surface area contributed by atoms with Gasteiger partial charge < -0.3 is 4.74 Å². The molecule has 0 amide bonds. The Morgan fingerprint density at radius 2 is 1.35 bits per heavy atom. The van der Waals surface area contributed by atoms with Crippen LogP contribution in [0.3, 0.4) is 0 Å². The lowest BCUT2D eigenvalue weighted by Gasteiger charge is -2.19. The van der Waals surface area contributed by atoms with E-state index in [-0.39, 0.29) is 17.3 Å². The summed E-state index contributed by atoms with van der Waals surface area (Å²) in [4.78, 5) is 24.2. The topological polar surface area (TPSA) is 43.4 Å². The van der Waals surface area contributed by atoms with E-state index in [1.807, 2.05) is 13.8 Å². The fourth-order valence-corrected chi connectivity index (χ4v) is 2.04. The predicted molar refractivity (Wildman–Crippen MR) is 64.3 cm³/mol. The number of benzene rings is 1. The maximum absolute atomic E-state index is 12.1. The zero-order valence-electron chi connectivity index (χ0n) is 10.4. The lowest BCUT2D eigenvalue weighted by Crippen LogP contribution is -2.22. The molecule has 1 aliphatic carbocycles. The van der Waals surface area contributed by atoms with Gasteiger partial charge in [-0.1, -0.05) is 0 Å². The zero-order chi connectivity index (χ0) is 12.7. The van der Waals surface area contributed by atoms with Gasteiger partial charge in [-0.15, -0.1) is 0 Å². The van der Waals surface area contributed by atoms with Crippen molar-refractivity contribution in [2.75, 3.05) is 7.11 Å². The smallest absolute Gasteiger partial charge is 0.228 e. The number of ether oxygens (including phenoxy) is 1. The Hall–Kier alpha value is -1.90. The third-order valence-electron chi connectivity index (χ3n) is 3.21. The van der Waals surface area contributed by atoms with Gasteiger partial charge in [-0.25, -0.2) is 0 Å². The van der Waals surface area contributed by atoms with E-state index in [2.05, 4.69) is 0 Å². The number of hydrogen-bond acceptors (Lipinski definition) is 3. The summed E-state index contributed by atoms with van der Waals surface area (Å²) in [6.45, 7) is 5.47. The zero-order valence-corrected chi connectivity index (χ0v) is 10.4. The first-order valence-electron chi connectivity index (χ1n) is 5.43. The van der Waals surface area contributed by atoms with Crippen molar-refractivity contribution < 1.29 is 14.3 Å². The molecule has 0 N–H and O–H groups in total. The van der Waals surface area contributed by atoms with E-state index >= 15 is 0 Å². The summed E-state index contributed by atoms with van der Waals surface area (Å²) >= 11 is 0. The van der Waals surface area contributed by atoms with E-state index < -0.39 is 0 Å². The molecule has 1 aromatic carbocycles. The first kappa shape index (κ1) is 11.6. The van der Waals surface area contributed by atoms with E-state index in [9.17, 15) is 9.59 Å². The molecule has 0 aromatic heterocycles. The standard InChI is InChI=1S/C14H14O3/c1-7-5-10-11(6-8(7)2)13(16)14(17-4)9(3)12(10)15/h5-6H,1-4H3. The van der Waals surface area contributed by atoms with Crippen molar-refractivity contribution in [3.63, 3.8) is 0 Å². The highest BCUT2D eigenvalue weighted by Crippen LogP contribution is 2.28. The molecule has 0 atom stereocenters. The van der Waals surface area contributed by atoms with E-state index in [0.29, 0.717) is 16.7 Å². The second-order valence-electron chi connectivity index (χ2n) is 4.30. The average Bonchev–Trinajstić information content (AvgIpc) is 2.30. The first-order valence-corrected chi connectivity index (χ1v) is 5.43. The Morgan fingerprint density at radius 3 is 1.82 bits per heavy atom. The number of carbonyl (C=O) groups is 2. The third-order valence-corrected chi connectivity index (χ3v) is 3.21. The monoisotopic (exact) mass is 230 g/mol. The molecule has 1 aromatic rings. The summed E-state index contributed by atoms with van der Waals surface area (Å²) in [6, 6.07) is 3.54. The summed E-state index contributed by atoms with van der Waals surface area (Å²) < 4.78 is 5.02. The highest BCUT2D eigenvalue weighted by Gasteiger charge is 2.31. The molecule has 0 fully saturated rings. The van der Waals surface area contributed by atoms with E-state index in [4.69, 9.17) is 4.74 Å². The maximum Gasteiger partial charge on any atom is 0.228 e. The van der Waals surface area contributed by atoms with Gasteiger partial charge in [0, 0.05) is 16.7 Å². The van der Waals surface area contributed by atoms with Crippen LogP contribution in [-0.2, 0) is 4.74 Å². The number of rotatable bonds is 1. The molecule has 0 heterocycles. The van der Waals surface area contributed by atoms with Crippen molar-refractivity contribution in [1.29, 1.82) is 0 Å². The van der Waals surface area contributed by atoms with Crippen LogP contribution in [0.4, 0.5) is 0 Å². The molecule has 0 saturated carbocycles. The lowest BCUT2D eigenvalue weighted by molar-refractivity contribution is 0.0906. The van der Waals surface area contributed by atoms with Gasteiger partial charge in [0.1, 0.15) is 0 Å². The third kappa shape index (κ3) is 1.58. The molecule has 88 valence electrons. The fraction of sp³-hybridized carbons (Fsp3) is 0.286. The predicted octanol–water partition coefficient (Wildman–Crippen LogP) is 2.60. The van der Waals surface area contributed by atoms with Gasteiger partial charge in [0.25, 0.3) is 0 Å². The molecule has 0 spiro atoms. The highest BCUT2D eigenvalue weighted by atomic mass is 16.5. The normalized spacial score (nSPS) is 15.1. The number of Topliss-reactive ketones (excluding diaryl/α,β-unsaturated/α-hetero) is 2. The number of allylic oxidation sites excluding steroid dienone is 2. The second-order valence-corrected chi connectivity index (χ2v) is 4.30. The molecule has 0 aliphatic heterocycles. The summed E-state index contributed by atoms with van der Waals surface area (Å²) in [7, 11) is 1.41. The van der Waals surface area contributed by atoms with Crippen LogP contribution in [0.25, 0.3) is 0 Å². The molecule has 0 bridgehead atoms. The molecule has 17 heavy (non-hydrogen) atoms. The molecule has 0 unspecified atom stereocenters. The molecule has 3 nitrogen and oxygen atoms in total. The van der Waals surface area contributed by atoms with Crippen molar-refractivity contribution in [2.45, 2.75) is 20.8 Å². The van der Waals surface area contributed by atoms with E-state index in [1.54, 1.807) is 19.1 Å². The van der Waals surface area contributed by atoms with Crippen LogP contribution in [0.15, 0.2) is 23.5 Å². The summed E-state index contributed by atoms with van der Waals surface area (Å²) in [6.07, 6.45) is 0. The Labute approximate surface area is 100 Å². The van der Waals surface area contributed by atoms with Crippen molar-refractivity contribution in [2.24, 2.45) is 0 Å². The Kier molecular flexibility index (Phi) is 2.62. The lowest BCUT2D eigenvalue weighted by atomic mass is 9.86. The van der Waals surface area contributed by atoms with Gasteiger partial charge in [-0.05, 0) is 44.0 Å². The van der Waals surface area contributed by atoms with Gasteiger partial charge in [0.05, 0.1) is 7.11 Å². The molecular formula is C14H14O3. The second kappa shape index (κ2) is 3.84. The van der Waals surface area contributed by atoms with Crippen LogP contribution in [0.1, 0.15) is 38.8 Å². The number of methoxy groups -OCH3 is 1. The van der Waals surface area contributed by atoms with Crippen molar-refractivity contribution in [3.05, 3.63) is 45.7 Å². The van der Waals surface area contributed by atoms with Crippen LogP contribution < -0.4 is 0 Å². The SMILES string of the molecule is COC1=C(C)C(=O)c2cc(C)c(C)cc2C1=O. The van der Waals surface area contributed by atoms with Crippen LogP contribution in [0, 0.1) is 13.8 Å². The highest BCUT2D eigenvalue weighted by molar-refractivity contribution is 6.26. The Balaban J connectivity index is 2.73. The van der Waals surface area contributed by atoms with Crippen LogP contribution in [0.2, 0.25) is 0 Å². The Bertz CT molecular complexity index is 565. The molecule has 3 heteroatoms. The fourth-order valence-electron chi connectivity index (χ4n) is 2.04. The molecule has 2 rings (SSSR count). The first-order chi connectivity index (χ1) is 7.97. The molecule has 1 aliphatic rings. The van der Waals surface area contributed by atoms with Gasteiger partial charge >= 0.3 is 0 Å². The summed E-state index contributed by atoms with van der Waals surface area (Å²) in [5, 5.41) is 0. The van der Waals surface area contributed by atoms with Gasteiger partial charge in [0.2, 0.25) is 5.78 Å². The van der Waals surface area contributed by atoms with Crippen LogP contribution in [-0.4, -0.2) is 18.7 Å². The minimum atomic E-state index is -0.206. The quantitative estimate of drug-likeness (QED) is 0.744. The van der Waals surface area contributed by atoms with Crippen molar-refractivity contribution >= 4 is 11.6 Å². The minimum absolute atomic E-state index is 0.125. The average molecular weight is 230 g/mol. The minimum Gasteiger partial charge on any atom is -0.492 e. The van der Waals surface area contributed by atoms with E-state index in [1.165, 1.54) is 7.11 Å². The Morgan fingerprint density at radius 1 is 0.882 bits per heavy atom. The van der Waals surface area contributed by atoms with Gasteiger partial charge in [0.15, 0.2) is 11.5 Å². The van der Waals surface area contributed by atoms with Crippen LogP contribution >= 0.6 is 0 Å². The summed E-state index contributed by atoms with van der Waals surface area (Å²) in [5.41, 5.74) is 3.32. The molecular weight excluding hydrogens is 216 g/mol. The number of aryl methyl sites for hydroxylation is 2. The van der Waals surface area contributed by atoms with Crippen molar-refractivity contribution in [1.82, 2.24) is 0 Å². The number of hydrogen-bond donors (Lipinski definition) is 0. The number of carbonyl (C=O) groups excluding carboxylic acids is 2. The van der Waals surface area contributed by atoms with Gasteiger partial charge in [-0.2, -0.15) is 0 Å². The van der Waals surface area contributed by atoms with E-state index in [0.717, 1.165) is 11.1 Å². The molecule has 0 saturated heterocycles. The van der Waals surface area contributed by atoms with Gasteiger partial charge in [-0.3, -0.25) is 9.59 Å². The van der Waals surface area contributed by atoms with Crippen molar-refractivity contribution in [3.8, 4) is 0 Å². The van der Waals surface area contributed by atoms with Crippen LogP contribution in [0.5, 0.6) is 0 Å². The maximum atomic E-state index is 12.1. The largest absolute Gasteiger partial charge is 0.492 e. The number of ketones is 2. The summed E-state index contributed by atoms with van der Waals surface area (Å²) in [5.74, 6) is -0.173.